The van der Waals surface area contributed by atoms with Gasteiger partial charge in [0.25, 0.3) is 0 Å². The van der Waals surface area contributed by atoms with Crippen LogP contribution >= 0.6 is 11.6 Å². The van der Waals surface area contributed by atoms with Gasteiger partial charge in [-0.05, 0) is 24.6 Å². The summed E-state index contributed by atoms with van der Waals surface area (Å²) in [5.41, 5.74) is 0.231. The minimum absolute atomic E-state index is 0.0714. The average molecular weight is 297 g/mol. The molecule has 1 atom stereocenters. The number of nitriles is 1. The van der Waals surface area contributed by atoms with Crippen molar-refractivity contribution >= 4 is 21.6 Å². The van der Waals surface area contributed by atoms with Crippen LogP contribution in [0.25, 0.3) is 0 Å². The van der Waals surface area contributed by atoms with Crippen LogP contribution in [-0.2, 0) is 10.0 Å². The number of halogens is 1. The molecular weight excluding hydrogens is 284 g/mol. The van der Waals surface area contributed by atoms with Gasteiger partial charge in [-0.3, -0.25) is 0 Å². The first-order valence-corrected chi connectivity index (χ1v) is 7.46. The first kappa shape index (κ1) is 15.5. The predicted octanol–water partition coefficient (Wildman–Crippen LogP) is 2.29. The van der Waals surface area contributed by atoms with Gasteiger partial charge in [-0.2, -0.15) is 5.26 Å². The molecule has 0 amide bonds. The minimum atomic E-state index is -3.79. The van der Waals surface area contributed by atoms with E-state index in [0.29, 0.717) is 12.8 Å². The van der Waals surface area contributed by atoms with Crippen molar-refractivity contribution < 1.29 is 8.42 Å². The molecule has 0 aliphatic rings. The normalized spacial score (nSPS) is 12.4. The molecule has 1 rings (SSSR count). The molecule has 4 nitrogen and oxygen atoms in total. The van der Waals surface area contributed by atoms with Gasteiger partial charge in [0.2, 0.25) is 10.0 Å². The van der Waals surface area contributed by atoms with E-state index in [1.54, 1.807) is 0 Å². The van der Waals surface area contributed by atoms with Gasteiger partial charge in [0.1, 0.15) is 4.90 Å². The fraction of sp³-hybridized carbons (Fsp3) is 0.308. The van der Waals surface area contributed by atoms with Crippen LogP contribution < -0.4 is 4.72 Å². The molecule has 0 saturated carbocycles. The highest BCUT2D eigenvalue weighted by atomic mass is 35.5. The third-order valence-electron chi connectivity index (χ3n) is 2.53. The predicted molar refractivity (Wildman–Crippen MR) is 74.0 cm³/mol. The lowest BCUT2D eigenvalue weighted by molar-refractivity contribution is 0.544. The Morgan fingerprint density at radius 1 is 1.53 bits per heavy atom. The zero-order valence-electron chi connectivity index (χ0n) is 10.4. The molecule has 6 heteroatoms. The largest absolute Gasteiger partial charge is 0.242 e. The van der Waals surface area contributed by atoms with Gasteiger partial charge in [0.15, 0.2) is 0 Å². The SMILES string of the molecule is C#CCC(CC)NS(=O)(=O)c1cc(C#N)ccc1Cl. The summed E-state index contributed by atoms with van der Waals surface area (Å²) in [5, 5.41) is 8.87. The molecule has 0 aromatic heterocycles. The highest BCUT2D eigenvalue weighted by Crippen LogP contribution is 2.23. The van der Waals surface area contributed by atoms with Crippen LogP contribution in [0.1, 0.15) is 25.3 Å². The van der Waals surface area contributed by atoms with Crippen molar-refractivity contribution in [2.24, 2.45) is 0 Å². The molecule has 0 bridgehead atoms. The van der Waals surface area contributed by atoms with E-state index in [2.05, 4.69) is 10.6 Å². The number of terminal acetylenes is 1. The summed E-state index contributed by atoms with van der Waals surface area (Å²) in [6.07, 6.45) is 6.05. The summed E-state index contributed by atoms with van der Waals surface area (Å²) in [6, 6.07) is 5.61. The van der Waals surface area contributed by atoms with E-state index in [-0.39, 0.29) is 21.5 Å². The standard InChI is InChI=1S/C13H13ClN2O2S/c1-3-5-11(4-2)16-19(17,18)13-8-10(9-15)6-7-12(13)14/h1,6-8,11,16H,4-5H2,2H3. The van der Waals surface area contributed by atoms with Crippen LogP contribution in [0.4, 0.5) is 0 Å². The van der Waals surface area contributed by atoms with Crippen LogP contribution in [0, 0.1) is 23.7 Å². The summed E-state index contributed by atoms with van der Waals surface area (Å²) >= 11 is 5.87. The van der Waals surface area contributed by atoms with Crippen molar-refractivity contribution in [2.75, 3.05) is 0 Å². The molecule has 1 aromatic carbocycles. The second-order valence-corrected chi connectivity index (χ2v) is 5.98. The quantitative estimate of drug-likeness (QED) is 0.848. The Bertz CT molecular complexity index is 642. The molecule has 0 radical (unpaired) electrons. The molecule has 0 heterocycles. The van der Waals surface area contributed by atoms with Crippen molar-refractivity contribution in [3.63, 3.8) is 0 Å². The zero-order valence-corrected chi connectivity index (χ0v) is 11.9. The Kier molecular flexibility index (Phi) is 5.38. The molecule has 100 valence electrons. The maximum atomic E-state index is 12.2. The fourth-order valence-corrected chi connectivity index (χ4v) is 3.32. The Morgan fingerprint density at radius 3 is 2.74 bits per heavy atom. The van der Waals surface area contributed by atoms with E-state index in [4.69, 9.17) is 23.3 Å². The van der Waals surface area contributed by atoms with Gasteiger partial charge in [0.05, 0.1) is 16.7 Å². The second kappa shape index (κ2) is 6.58. The van der Waals surface area contributed by atoms with E-state index in [1.165, 1.54) is 18.2 Å². The van der Waals surface area contributed by atoms with Crippen molar-refractivity contribution in [2.45, 2.75) is 30.7 Å². The smallest absolute Gasteiger partial charge is 0.207 e. The van der Waals surface area contributed by atoms with Crippen molar-refractivity contribution in [3.8, 4) is 18.4 Å². The number of nitrogens with one attached hydrogen (secondary N) is 1. The Balaban J connectivity index is 3.14. The topological polar surface area (TPSA) is 70.0 Å². The molecule has 1 N–H and O–H groups in total. The summed E-state index contributed by atoms with van der Waals surface area (Å²) in [5.74, 6) is 2.42. The van der Waals surface area contributed by atoms with Gasteiger partial charge in [-0.1, -0.05) is 18.5 Å². The highest BCUT2D eigenvalue weighted by molar-refractivity contribution is 7.89. The first-order chi connectivity index (χ1) is 8.94. The van der Waals surface area contributed by atoms with Crippen molar-refractivity contribution in [1.29, 1.82) is 5.26 Å². The van der Waals surface area contributed by atoms with E-state index in [9.17, 15) is 8.42 Å². The summed E-state index contributed by atoms with van der Waals surface area (Å²) in [4.78, 5) is -0.108. The number of hydrogen-bond acceptors (Lipinski definition) is 3. The summed E-state index contributed by atoms with van der Waals surface area (Å²) < 4.78 is 26.9. The van der Waals surface area contributed by atoms with Gasteiger partial charge < -0.3 is 0 Å². The molecule has 1 unspecified atom stereocenters. The van der Waals surface area contributed by atoms with Gasteiger partial charge in [-0.15, -0.1) is 12.3 Å². The number of rotatable bonds is 5. The molecule has 0 spiro atoms. The first-order valence-electron chi connectivity index (χ1n) is 5.60. The van der Waals surface area contributed by atoms with Gasteiger partial charge in [-0.25, -0.2) is 13.1 Å². The third-order valence-corrected chi connectivity index (χ3v) is 4.53. The van der Waals surface area contributed by atoms with Crippen LogP contribution in [0.2, 0.25) is 5.02 Å². The van der Waals surface area contributed by atoms with Gasteiger partial charge >= 0.3 is 0 Å². The minimum Gasteiger partial charge on any atom is -0.207 e. The third kappa shape index (κ3) is 3.97. The maximum absolute atomic E-state index is 12.2. The second-order valence-electron chi connectivity index (χ2n) is 3.89. The maximum Gasteiger partial charge on any atom is 0.242 e. The lowest BCUT2D eigenvalue weighted by atomic mass is 10.2. The number of benzene rings is 1. The molecule has 0 saturated heterocycles. The lowest BCUT2D eigenvalue weighted by Crippen LogP contribution is -2.34. The lowest BCUT2D eigenvalue weighted by Gasteiger charge is -2.15. The zero-order chi connectivity index (χ0) is 14.5. The average Bonchev–Trinajstić information content (AvgIpc) is 2.38. The van der Waals surface area contributed by atoms with Crippen molar-refractivity contribution in [1.82, 2.24) is 4.72 Å². The molecule has 0 fully saturated rings. The van der Waals surface area contributed by atoms with E-state index in [1.807, 2.05) is 13.0 Å². The van der Waals surface area contributed by atoms with Crippen LogP contribution in [0.15, 0.2) is 23.1 Å². The molecule has 1 aromatic rings. The Hall–Kier alpha value is -1.53. The number of nitrogens with zero attached hydrogens (tertiary/aromatic N) is 1. The molecular formula is C13H13ClN2O2S. The Morgan fingerprint density at radius 2 is 2.21 bits per heavy atom. The summed E-state index contributed by atoms with van der Waals surface area (Å²) in [7, 11) is -3.79. The van der Waals surface area contributed by atoms with Crippen LogP contribution in [-0.4, -0.2) is 14.5 Å². The Labute approximate surface area is 118 Å². The van der Waals surface area contributed by atoms with Crippen LogP contribution in [0.5, 0.6) is 0 Å². The summed E-state index contributed by atoms with van der Waals surface area (Å²) in [6.45, 7) is 1.83. The van der Waals surface area contributed by atoms with E-state index in [0.717, 1.165) is 0 Å². The monoisotopic (exact) mass is 296 g/mol. The number of hydrogen-bond donors (Lipinski definition) is 1. The highest BCUT2D eigenvalue weighted by Gasteiger charge is 2.21. The fourth-order valence-electron chi connectivity index (χ4n) is 1.47. The molecule has 19 heavy (non-hydrogen) atoms. The molecule has 0 aliphatic heterocycles. The van der Waals surface area contributed by atoms with Crippen LogP contribution in [0.3, 0.4) is 0 Å². The van der Waals surface area contributed by atoms with E-state index >= 15 is 0 Å². The van der Waals surface area contributed by atoms with Crippen molar-refractivity contribution in [3.05, 3.63) is 28.8 Å². The van der Waals surface area contributed by atoms with E-state index < -0.39 is 10.0 Å². The number of sulfonamides is 1. The van der Waals surface area contributed by atoms with Gasteiger partial charge in [0, 0.05) is 12.5 Å². The molecule has 0 aliphatic carbocycles.